The van der Waals surface area contributed by atoms with E-state index in [-0.39, 0.29) is 23.0 Å². The summed E-state index contributed by atoms with van der Waals surface area (Å²) in [6, 6.07) is 6.10. The monoisotopic (exact) mass is 518 g/mol. The maximum atomic E-state index is 14.8. The van der Waals surface area contributed by atoms with Crippen LogP contribution in [0.2, 0.25) is 0 Å². The van der Waals surface area contributed by atoms with Crippen LogP contribution < -0.4 is 15.5 Å². The molecule has 12 nitrogen and oxygen atoms in total. The molecule has 4 rings (SSSR count). The second-order valence-corrected chi connectivity index (χ2v) is 9.22. The summed E-state index contributed by atoms with van der Waals surface area (Å²) >= 11 is 0. The van der Waals surface area contributed by atoms with Crippen LogP contribution in [-0.2, 0) is 22.4 Å². The molecule has 0 fully saturated rings. The summed E-state index contributed by atoms with van der Waals surface area (Å²) in [7, 11) is -4.02. The van der Waals surface area contributed by atoms with Crippen LogP contribution in [0, 0.1) is 11.6 Å². The minimum absolute atomic E-state index is 0.170. The van der Waals surface area contributed by atoms with Crippen LogP contribution in [-0.4, -0.2) is 44.1 Å². The van der Waals surface area contributed by atoms with Crippen LogP contribution in [0.5, 0.6) is 0 Å². The molecule has 0 unspecified atom stereocenters. The Balaban J connectivity index is 1.76. The van der Waals surface area contributed by atoms with Gasteiger partial charge in [0.25, 0.3) is 5.56 Å². The lowest BCUT2D eigenvalue weighted by molar-refractivity contribution is -0.0343. The van der Waals surface area contributed by atoms with Gasteiger partial charge in [0.05, 0.1) is 36.0 Å². The average Bonchev–Trinajstić information content (AvgIpc) is 3.30. The van der Waals surface area contributed by atoms with Gasteiger partial charge in [0.2, 0.25) is 0 Å². The first-order chi connectivity index (χ1) is 17.0. The molecule has 36 heavy (non-hydrogen) atoms. The third kappa shape index (κ3) is 5.12. The maximum absolute atomic E-state index is 14.8. The Morgan fingerprint density at radius 3 is 2.69 bits per heavy atom. The van der Waals surface area contributed by atoms with Gasteiger partial charge in [-0.3, -0.25) is 9.36 Å². The molecule has 188 valence electrons. The van der Waals surface area contributed by atoms with Gasteiger partial charge in [-0.25, -0.2) is 28.6 Å². The van der Waals surface area contributed by atoms with Crippen molar-refractivity contribution in [2.75, 3.05) is 0 Å². The quantitative estimate of drug-likeness (QED) is 0.226. The maximum Gasteiger partial charge on any atom is 0.311 e. The molecule has 0 bridgehead atoms. The van der Waals surface area contributed by atoms with Crippen molar-refractivity contribution in [3.63, 3.8) is 0 Å². The first kappa shape index (κ1) is 25.0. The Kier molecular flexibility index (Phi) is 6.62. The fourth-order valence-electron chi connectivity index (χ4n) is 3.76. The van der Waals surface area contributed by atoms with Crippen molar-refractivity contribution in [2.24, 2.45) is 10.2 Å². The summed E-state index contributed by atoms with van der Waals surface area (Å²) in [6.07, 6.45) is 4.91. The molecule has 0 saturated heterocycles. The minimum Gasteiger partial charge on any atom is -0.381 e. The van der Waals surface area contributed by atoms with Crippen molar-refractivity contribution in [3.8, 4) is 0 Å². The van der Waals surface area contributed by atoms with E-state index in [1.807, 2.05) is 0 Å². The Bertz CT molecular complexity index is 1610. The number of aromatic nitrogens is 5. The van der Waals surface area contributed by atoms with Crippen LogP contribution >= 0.6 is 0 Å². The number of nitrogens with zero attached hydrogens (tertiary/aromatic N) is 6. The summed E-state index contributed by atoms with van der Waals surface area (Å²) in [6.45, 7) is 1.20. The molecular weight excluding hydrogens is 498 g/mol. The van der Waals surface area contributed by atoms with E-state index in [1.54, 1.807) is 4.83 Å². The van der Waals surface area contributed by atoms with E-state index >= 15 is 0 Å². The van der Waals surface area contributed by atoms with Crippen molar-refractivity contribution < 1.29 is 22.3 Å². The molecule has 0 amide bonds. The highest BCUT2D eigenvalue weighted by Gasteiger charge is 2.41. The Morgan fingerprint density at radius 2 is 2.03 bits per heavy atom. The minimum atomic E-state index is -4.02. The second kappa shape index (κ2) is 9.52. The van der Waals surface area contributed by atoms with Gasteiger partial charge in [-0.1, -0.05) is 12.1 Å². The zero-order chi connectivity index (χ0) is 26.1. The van der Waals surface area contributed by atoms with E-state index in [0.29, 0.717) is 11.6 Å². The van der Waals surface area contributed by atoms with Crippen molar-refractivity contribution in [2.45, 2.75) is 25.1 Å². The third-order valence-electron chi connectivity index (χ3n) is 5.58. The summed E-state index contributed by atoms with van der Waals surface area (Å²) in [5.41, 5.74) is -2.16. The predicted molar refractivity (Wildman–Crippen MR) is 125 cm³/mol. The van der Waals surface area contributed by atoms with E-state index in [4.69, 9.17) is 5.14 Å². The van der Waals surface area contributed by atoms with Crippen LogP contribution in [0.25, 0.3) is 10.9 Å². The van der Waals surface area contributed by atoms with Gasteiger partial charge in [0.15, 0.2) is 0 Å². The molecule has 15 heteroatoms. The zero-order valence-corrected chi connectivity index (χ0v) is 19.5. The largest absolute Gasteiger partial charge is 0.381 e. The molecule has 0 saturated carbocycles. The van der Waals surface area contributed by atoms with Crippen molar-refractivity contribution >= 4 is 27.3 Å². The molecule has 0 spiro atoms. The molecule has 4 aromatic rings. The number of hydrazone groups is 1. The second-order valence-electron chi connectivity index (χ2n) is 7.95. The molecule has 2 aromatic heterocycles. The smallest absolute Gasteiger partial charge is 0.311 e. The lowest BCUT2D eigenvalue weighted by Crippen LogP contribution is -2.43. The molecule has 2 heterocycles. The number of benzene rings is 2. The first-order valence-electron chi connectivity index (χ1n) is 10.3. The standard InChI is InChI=1S/C21H20F2N8O4S/c1-13(21(33,9-30-11-25-10-28-30)17-5-3-15(22)7-18(17)23)31-12-26-19-6-14(2-4-16(19)20(31)32)8-27-29-36(24,34)35/h2-8,10-13,29,33H,9H2,1H3,(H2,24,34,35)/t13-,21-/m1/s1. The number of nitrogens with one attached hydrogen (secondary N) is 1. The molecule has 0 aliphatic heterocycles. The van der Waals surface area contributed by atoms with E-state index < -0.39 is 39.0 Å². The summed E-state index contributed by atoms with van der Waals surface area (Å²) in [5.74, 6) is -1.82. The number of fused-ring (bicyclic) bond motifs is 1. The molecule has 2 atom stereocenters. The van der Waals surface area contributed by atoms with Gasteiger partial charge in [-0.2, -0.15) is 23.4 Å². The highest BCUT2D eigenvalue weighted by Crippen LogP contribution is 2.36. The van der Waals surface area contributed by atoms with Gasteiger partial charge in [-0.15, -0.1) is 0 Å². The van der Waals surface area contributed by atoms with Gasteiger partial charge in [0.1, 0.15) is 29.9 Å². The Morgan fingerprint density at radius 1 is 1.25 bits per heavy atom. The SMILES string of the molecule is C[C@@H](n1cnc2cc(C=NNS(N)(=O)=O)ccc2c1=O)[C@](O)(Cn1cncn1)c1ccc(F)cc1F. The van der Waals surface area contributed by atoms with Crippen molar-refractivity contribution in [3.05, 3.63) is 88.5 Å². The predicted octanol–water partition coefficient (Wildman–Crippen LogP) is 0.542. The normalized spacial score (nSPS) is 14.7. The summed E-state index contributed by atoms with van der Waals surface area (Å²) < 4.78 is 52.6. The highest BCUT2D eigenvalue weighted by molar-refractivity contribution is 7.87. The Labute approximate surface area is 202 Å². The molecule has 0 aliphatic carbocycles. The van der Waals surface area contributed by atoms with Gasteiger partial charge >= 0.3 is 10.2 Å². The molecule has 0 radical (unpaired) electrons. The number of nitrogens with two attached hydrogens (primary N) is 1. The van der Waals surface area contributed by atoms with Gasteiger partial charge in [-0.05, 0) is 30.7 Å². The van der Waals surface area contributed by atoms with Crippen LogP contribution in [0.1, 0.15) is 24.1 Å². The van der Waals surface area contributed by atoms with Crippen LogP contribution in [0.4, 0.5) is 8.78 Å². The van der Waals surface area contributed by atoms with E-state index in [1.165, 1.54) is 55.0 Å². The fourth-order valence-corrected chi connectivity index (χ4v) is 3.96. The number of rotatable bonds is 8. The third-order valence-corrected chi connectivity index (χ3v) is 5.94. The number of halogens is 2. The number of aliphatic hydroxyl groups is 1. The number of hydrogen-bond acceptors (Lipinski definition) is 8. The van der Waals surface area contributed by atoms with Crippen molar-refractivity contribution in [1.82, 2.24) is 29.1 Å². The molecular formula is C21H20F2N8O4S. The average molecular weight is 519 g/mol. The lowest BCUT2D eigenvalue weighted by atomic mass is 9.86. The molecule has 0 aliphatic rings. The van der Waals surface area contributed by atoms with Gasteiger partial charge in [0, 0.05) is 11.6 Å². The first-order valence-corrected chi connectivity index (χ1v) is 11.9. The topological polar surface area (TPSA) is 170 Å². The van der Waals surface area contributed by atoms with E-state index in [0.717, 1.165) is 16.7 Å². The zero-order valence-electron chi connectivity index (χ0n) is 18.7. The van der Waals surface area contributed by atoms with Crippen LogP contribution in [0.15, 0.2) is 65.3 Å². The molecule has 4 N–H and O–H groups in total. The fraction of sp³-hybridized carbons (Fsp3) is 0.190. The van der Waals surface area contributed by atoms with Crippen LogP contribution in [0.3, 0.4) is 0 Å². The van der Waals surface area contributed by atoms with Crippen molar-refractivity contribution in [1.29, 1.82) is 0 Å². The van der Waals surface area contributed by atoms with E-state index in [9.17, 15) is 27.1 Å². The Hall–Kier alpha value is -4.08. The highest BCUT2D eigenvalue weighted by atomic mass is 32.2. The summed E-state index contributed by atoms with van der Waals surface area (Å²) in [4.78, 5) is 23.2. The van der Waals surface area contributed by atoms with E-state index in [2.05, 4.69) is 20.2 Å². The summed E-state index contributed by atoms with van der Waals surface area (Å²) in [5, 5.41) is 24.2. The lowest BCUT2D eigenvalue weighted by Gasteiger charge is -2.35. The molecule has 2 aromatic carbocycles. The number of hydrogen-bond donors (Lipinski definition) is 3. The van der Waals surface area contributed by atoms with Gasteiger partial charge < -0.3 is 5.11 Å².